The SMILES string of the molecule is CC(C)NCc1coc(COCc2cccc(Cl)c2)c1. The van der Waals surface area contributed by atoms with Crippen molar-refractivity contribution in [1.29, 1.82) is 0 Å². The Labute approximate surface area is 124 Å². The molecule has 0 aliphatic carbocycles. The highest BCUT2D eigenvalue weighted by atomic mass is 35.5. The Morgan fingerprint density at radius 2 is 2.05 bits per heavy atom. The van der Waals surface area contributed by atoms with Crippen LogP contribution in [0, 0.1) is 0 Å². The molecule has 0 unspecified atom stereocenters. The minimum absolute atomic E-state index is 0.465. The minimum atomic E-state index is 0.465. The molecule has 0 atom stereocenters. The van der Waals surface area contributed by atoms with Gasteiger partial charge in [0, 0.05) is 23.2 Å². The molecule has 1 heterocycles. The number of furan rings is 1. The van der Waals surface area contributed by atoms with Crippen molar-refractivity contribution >= 4 is 11.6 Å². The summed E-state index contributed by atoms with van der Waals surface area (Å²) in [6, 6.07) is 10.2. The van der Waals surface area contributed by atoms with Crippen LogP contribution in [0.1, 0.15) is 30.7 Å². The summed E-state index contributed by atoms with van der Waals surface area (Å²) in [6.45, 7) is 6.05. The van der Waals surface area contributed by atoms with Crippen LogP contribution in [0.5, 0.6) is 0 Å². The lowest BCUT2D eigenvalue weighted by molar-refractivity contribution is 0.0929. The zero-order valence-electron chi connectivity index (χ0n) is 11.9. The molecule has 0 spiro atoms. The van der Waals surface area contributed by atoms with E-state index < -0.39 is 0 Å². The van der Waals surface area contributed by atoms with Gasteiger partial charge in [0.2, 0.25) is 0 Å². The molecule has 1 aromatic carbocycles. The first-order valence-electron chi connectivity index (χ1n) is 6.75. The molecule has 0 aliphatic rings. The van der Waals surface area contributed by atoms with Crippen molar-refractivity contribution in [2.24, 2.45) is 0 Å². The number of benzene rings is 1. The van der Waals surface area contributed by atoms with Crippen molar-refractivity contribution in [3.05, 3.63) is 58.5 Å². The molecule has 2 rings (SSSR count). The van der Waals surface area contributed by atoms with Gasteiger partial charge < -0.3 is 14.5 Å². The van der Waals surface area contributed by atoms with Crippen LogP contribution in [0.2, 0.25) is 5.02 Å². The maximum absolute atomic E-state index is 5.92. The Hall–Kier alpha value is -1.29. The summed E-state index contributed by atoms with van der Waals surface area (Å²) >= 11 is 5.92. The van der Waals surface area contributed by atoms with Gasteiger partial charge in [0.05, 0.1) is 12.9 Å². The van der Waals surface area contributed by atoms with E-state index in [1.54, 1.807) is 6.26 Å². The molecule has 0 saturated carbocycles. The molecule has 0 fully saturated rings. The molecule has 0 aliphatic heterocycles. The van der Waals surface area contributed by atoms with Crippen molar-refractivity contribution in [1.82, 2.24) is 5.32 Å². The van der Waals surface area contributed by atoms with Gasteiger partial charge in [0.1, 0.15) is 12.4 Å². The summed E-state index contributed by atoms with van der Waals surface area (Å²) in [5.41, 5.74) is 2.20. The number of halogens is 1. The molecule has 1 N–H and O–H groups in total. The van der Waals surface area contributed by atoms with Gasteiger partial charge in [-0.25, -0.2) is 0 Å². The summed E-state index contributed by atoms with van der Waals surface area (Å²) in [5, 5.41) is 4.08. The maximum Gasteiger partial charge on any atom is 0.129 e. The smallest absolute Gasteiger partial charge is 0.129 e. The van der Waals surface area contributed by atoms with Gasteiger partial charge in [-0.1, -0.05) is 37.6 Å². The third-order valence-electron chi connectivity index (χ3n) is 2.82. The Balaban J connectivity index is 1.77. The molecule has 3 nitrogen and oxygen atoms in total. The number of rotatable bonds is 7. The van der Waals surface area contributed by atoms with Gasteiger partial charge in [-0.2, -0.15) is 0 Å². The van der Waals surface area contributed by atoms with Crippen LogP contribution in [-0.4, -0.2) is 6.04 Å². The zero-order valence-corrected chi connectivity index (χ0v) is 12.6. The summed E-state index contributed by atoms with van der Waals surface area (Å²) in [4.78, 5) is 0. The molecule has 0 radical (unpaired) electrons. The topological polar surface area (TPSA) is 34.4 Å². The average Bonchev–Trinajstić information content (AvgIpc) is 2.84. The fraction of sp³-hybridized carbons (Fsp3) is 0.375. The van der Waals surface area contributed by atoms with Gasteiger partial charge in [0.25, 0.3) is 0 Å². The zero-order chi connectivity index (χ0) is 14.4. The van der Waals surface area contributed by atoms with E-state index in [0.29, 0.717) is 19.3 Å². The molecule has 2 aromatic rings. The maximum atomic E-state index is 5.92. The first-order chi connectivity index (χ1) is 9.63. The molecule has 1 aromatic heterocycles. The number of nitrogens with one attached hydrogen (secondary N) is 1. The number of ether oxygens (including phenoxy) is 1. The lowest BCUT2D eigenvalue weighted by Crippen LogP contribution is -2.21. The highest BCUT2D eigenvalue weighted by Crippen LogP contribution is 2.13. The van der Waals surface area contributed by atoms with Crippen molar-refractivity contribution in [2.45, 2.75) is 39.6 Å². The first kappa shape index (κ1) is 15.1. The third-order valence-corrected chi connectivity index (χ3v) is 3.06. The lowest BCUT2D eigenvalue weighted by Gasteiger charge is -2.04. The largest absolute Gasteiger partial charge is 0.467 e. The van der Waals surface area contributed by atoms with Crippen LogP contribution in [0.25, 0.3) is 0 Å². The van der Waals surface area contributed by atoms with E-state index in [4.69, 9.17) is 20.8 Å². The second kappa shape index (κ2) is 7.48. The number of hydrogen-bond donors (Lipinski definition) is 1. The van der Waals surface area contributed by atoms with E-state index in [-0.39, 0.29) is 0 Å². The molecular formula is C16H20ClNO2. The van der Waals surface area contributed by atoms with E-state index in [0.717, 1.165) is 28.5 Å². The Morgan fingerprint density at radius 3 is 2.80 bits per heavy atom. The normalized spacial score (nSPS) is 11.2. The Kier molecular flexibility index (Phi) is 5.65. The van der Waals surface area contributed by atoms with Crippen LogP contribution in [0.3, 0.4) is 0 Å². The van der Waals surface area contributed by atoms with Gasteiger partial charge in [-0.3, -0.25) is 0 Å². The molecule has 108 valence electrons. The van der Waals surface area contributed by atoms with Crippen LogP contribution in [0.4, 0.5) is 0 Å². The summed E-state index contributed by atoms with van der Waals surface area (Å²) in [7, 11) is 0. The molecule has 0 bridgehead atoms. The van der Waals surface area contributed by atoms with E-state index in [9.17, 15) is 0 Å². The fourth-order valence-corrected chi connectivity index (χ4v) is 2.03. The minimum Gasteiger partial charge on any atom is -0.467 e. The van der Waals surface area contributed by atoms with Crippen LogP contribution < -0.4 is 5.32 Å². The second-order valence-corrected chi connectivity index (χ2v) is 5.52. The Morgan fingerprint density at radius 1 is 1.20 bits per heavy atom. The average molecular weight is 294 g/mol. The molecular weight excluding hydrogens is 274 g/mol. The van der Waals surface area contributed by atoms with Crippen molar-refractivity contribution < 1.29 is 9.15 Å². The van der Waals surface area contributed by atoms with E-state index in [1.807, 2.05) is 30.3 Å². The van der Waals surface area contributed by atoms with Gasteiger partial charge in [-0.05, 0) is 23.8 Å². The quantitative estimate of drug-likeness (QED) is 0.833. The highest BCUT2D eigenvalue weighted by Gasteiger charge is 2.03. The van der Waals surface area contributed by atoms with Gasteiger partial charge in [-0.15, -0.1) is 0 Å². The van der Waals surface area contributed by atoms with Gasteiger partial charge in [0.15, 0.2) is 0 Å². The van der Waals surface area contributed by atoms with Gasteiger partial charge >= 0.3 is 0 Å². The standard InChI is InChI=1S/C16H20ClNO2/c1-12(2)18-8-14-7-16(20-10-14)11-19-9-13-4-3-5-15(17)6-13/h3-7,10,12,18H,8-9,11H2,1-2H3. The van der Waals surface area contributed by atoms with Crippen molar-refractivity contribution in [3.63, 3.8) is 0 Å². The lowest BCUT2D eigenvalue weighted by atomic mass is 10.2. The predicted octanol–water partition coefficient (Wildman–Crippen LogP) is 4.15. The highest BCUT2D eigenvalue weighted by molar-refractivity contribution is 6.30. The summed E-state index contributed by atoms with van der Waals surface area (Å²) in [5.74, 6) is 0.840. The second-order valence-electron chi connectivity index (χ2n) is 5.08. The Bertz CT molecular complexity index is 537. The summed E-state index contributed by atoms with van der Waals surface area (Å²) in [6.07, 6.45) is 1.77. The molecule has 0 saturated heterocycles. The van der Waals surface area contributed by atoms with E-state index in [2.05, 4.69) is 19.2 Å². The van der Waals surface area contributed by atoms with Crippen molar-refractivity contribution in [3.8, 4) is 0 Å². The predicted molar refractivity (Wildman–Crippen MR) is 80.6 cm³/mol. The molecule has 20 heavy (non-hydrogen) atoms. The van der Waals surface area contributed by atoms with E-state index in [1.165, 1.54) is 0 Å². The molecule has 0 amide bonds. The van der Waals surface area contributed by atoms with Crippen LogP contribution in [0.15, 0.2) is 41.0 Å². The van der Waals surface area contributed by atoms with E-state index >= 15 is 0 Å². The van der Waals surface area contributed by atoms with Crippen LogP contribution >= 0.6 is 11.6 Å². The monoisotopic (exact) mass is 293 g/mol. The fourth-order valence-electron chi connectivity index (χ4n) is 1.81. The number of hydrogen-bond acceptors (Lipinski definition) is 3. The third kappa shape index (κ3) is 5.00. The summed E-state index contributed by atoms with van der Waals surface area (Å²) < 4.78 is 11.1. The molecule has 4 heteroatoms. The first-order valence-corrected chi connectivity index (χ1v) is 7.13. The van der Waals surface area contributed by atoms with Crippen LogP contribution in [-0.2, 0) is 24.5 Å². The van der Waals surface area contributed by atoms with Crippen molar-refractivity contribution in [2.75, 3.05) is 0 Å².